The summed E-state index contributed by atoms with van der Waals surface area (Å²) in [6.45, 7) is 0.0660. The summed E-state index contributed by atoms with van der Waals surface area (Å²) in [6.07, 6.45) is -5.28. The fraction of sp³-hybridized carbons (Fsp3) is 0.429. The lowest BCUT2D eigenvalue weighted by molar-refractivity contribution is -0.159. The molecule has 1 atom stereocenters. The predicted octanol–water partition coefficient (Wildman–Crippen LogP) is 3.08. The lowest BCUT2D eigenvalue weighted by atomic mass is 10.1. The normalized spacial score (nSPS) is 18.7. The number of halogens is 4. The molecule has 1 saturated heterocycles. The van der Waals surface area contributed by atoms with Crippen LogP contribution in [0.25, 0.3) is 0 Å². The van der Waals surface area contributed by atoms with Crippen molar-refractivity contribution in [2.24, 2.45) is 0 Å². The molecule has 0 N–H and O–H groups in total. The number of Topliss-reactive ketones (excluding diaryl/α,β-unsaturated/α-hetero) is 1. The number of alkyl halides is 3. The molecular formula is C14H13ClF3NO3. The lowest BCUT2D eigenvalue weighted by Crippen LogP contribution is -2.38. The zero-order chi connectivity index (χ0) is 16.5. The van der Waals surface area contributed by atoms with Crippen LogP contribution < -0.4 is 4.74 Å². The molecule has 22 heavy (non-hydrogen) atoms. The van der Waals surface area contributed by atoms with Crippen molar-refractivity contribution in [3.63, 3.8) is 0 Å². The highest BCUT2D eigenvalue weighted by Crippen LogP contribution is 2.29. The molecule has 1 amide bonds. The van der Waals surface area contributed by atoms with E-state index in [4.69, 9.17) is 16.3 Å². The van der Waals surface area contributed by atoms with Crippen LogP contribution in [-0.2, 0) is 4.79 Å². The molecule has 1 aromatic carbocycles. The molecule has 0 aliphatic carbocycles. The Kier molecular flexibility index (Phi) is 4.65. The van der Waals surface area contributed by atoms with Crippen molar-refractivity contribution in [2.75, 3.05) is 13.1 Å². The number of hydrogen-bond acceptors (Lipinski definition) is 3. The highest BCUT2D eigenvalue weighted by atomic mass is 35.5. The largest absolute Gasteiger partial charge is 0.479 e. The fourth-order valence-electron chi connectivity index (χ4n) is 2.16. The summed E-state index contributed by atoms with van der Waals surface area (Å²) < 4.78 is 42.4. The van der Waals surface area contributed by atoms with Gasteiger partial charge in [0.2, 0.25) is 0 Å². The smallest absolute Gasteiger partial charge is 0.406 e. The van der Waals surface area contributed by atoms with Gasteiger partial charge in [-0.05, 0) is 25.1 Å². The first-order valence-corrected chi connectivity index (χ1v) is 6.88. The molecule has 1 heterocycles. The van der Waals surface area contributed by atoms with Crippen molar-refractivity contribution < 1.29 is 27.5 Å². The van der Waals surface area contributed by atoms with Gasteiger partial charge in [0.1, 0.15) is 12.3 Å². The van der Waals surface area contributed by atoms with Crippen LogP contribution in [0.4, 0.5) is 13.2 Å². The quantitative estimate of drug-likeness (QED) is 0.794. The third-order valence-corrected chi connectivity index (χ3v) is 3.52. The maximum absolute atomic E-state index is 12.3. The van der Waals surface area contributed by atoms with Gasteiger partial charge >= 0.3 is 6.18 Å². The Morgan fingerprint density at radius 1 is 1.45 bits per heavy atom. The summed E-state index contributed by atoms with van der Waals surface area (Å²) >= 11 is 5.96. The molecule has 0 bridgehead atoms. The molecule has 2 rings (SSSR count). The maximum Gasteiger partial charge on any atom is 0.406 e. The first kappa shape index (κ1) is 16.6. The number of carbonyl (C=O) groups excluding carboxylic acids is 2. The van der Waals surface area contributed by atoms with Crippen LogP contribution >= 0.6 is 11.6 Å². The SMILES string of the molecule is CC(=O)c1ccc(O[C@H]2CCN(CC(F)(F)F)C2=O)c(Cl)c1. The van der Waals surface area contributed by atoms with Gasteiger partial charge in [0, 0.05) is 18.5 Å². The van der Waals surface area contributed by atoms with Crippen molar-refractivity contribution in [1.29, 1.82) is 0 Å². The molecule has 1 aromatic rings. The zero-order valence-corrected chi connectivity index (χ0v) is 12.4. The van der Waals surface area contributed by atoms with Gasteiger partial charge in [-0.15, -0.1) is 0 Å². The first-order chi connectivity index (χ1) is 10.2. The Hall–Kier alpha value is -1.76. The molecule has 1 aliphatic heterocycles. The van der Waals surface area contributed by atoms with E-state index in [1.807, 2.05) is 0 Å². The minimum Gasteiger partial charge on any atom is -0.479 e. The van der Waals surface area contributed by atoms with Crippen molar-refractivity contribution in [1.82, 2.24) is 4.90 Å². The van der Waals surface area contributed by atoms with E-state index in [1.54, 1.807) is 0 Å². The van der Waals surface area contributed by atoms with Crippen LogP contribution in [0.1, 0.15) is 23.7 Å². The molecule has 0 radical (unpaired) electrons. The summed E-state index contributed by atoms with van der Waals surface area (Å²) in [5, 5.41) is 0.134. The minimum absolute atomic E-state index is 0.0217. The summed E-state index contributed by atoms with van der Waals surface area (Å²) in [4.78, 5) is 23.8. The van der Waals surface area contributed by atoms with E-state index in [-0.39, 0.29) is 29.5 Å². The summed E-state index contributed by atoms with van der Waals surface area (Å²) in [7, 11) is 0. The van der Waals surface area contributed by atoms with Gasteiger partial charge in [0.05, 0.1) is 5.02 Å². The van der Waals surface area contributed by atoms with Crippen LogP contribution in [-0.4, -0.2) is 42.0 Å². The van der Waals surface area contributed by atoms with Crippen LogP contribution in [0, 0.1) is 0 Å². The van der Waals surface area contributed by atoms with Gasteiger partial charge in [0.25, 0.3) is 5.91 Å². The second-order valence-corrected chi connectivity index (χ2v) is 5.38. The Morgan fingerprint density at radius 3 is 2.68 bits per heavy atom. The number of likely N-dealkylation sites (tertiary alicyclic amines) is 1. The Balaban J connectivity index is 2.06. The zero-order valence-electron chi connectivity index (χ0n) is 11.6. The maximum atomic E-state index is 12.3. The van der Waals surface area contributed by atoms with Gasteiger partial charge in [-0.1, -0.05) is 11.6 Å². The van der Waals surface area contributed by atoms with E-state index in [0.717, 1.165) is 0 Å². The average Bonchev–Trinajstić information content (AvgIpc) is 2.71. The van der Waals surface area contributed by atoms with E-state index in [9.17, 15) is 22.8 Å². The summed E-state index contributed by atoms with van der Waals surface area (Å²) in [5.41, 5.74) is 0.383. The molecule has 120 valence electrons. The number of rotatable bonds is 4. The number of benzene rings is 1. The average molecular weight is 336 g/mol. The molecule has 8 heteroatoms. The number of ketones is 1. The highest BCUT2D eigenvalue weighted by Gasteiger charge is 2.40. The highest BCUT2D eigenvalue weighted by molar-refractivity contribution is 6.32. The second kappa shape index (κ2) is 6.16. The molecule has 1 aliphatic rings. The van der Waals surface area contributed by atoms with Crippen molar-refractivity contribution >= 4 is 23.3 Å². The van der Waals surface area contributed by atoms with Crippen molar-refractivity contribution in [3.05, 3.63) is 28.8 Å². The van der Waals surface area contributed by atoms with E-state index >= 15 is 0 Å². The van der Waals surface area contributed by atoms with Gasteiger partial charge < -0.3 is 9.64 Å². The number of amides is 1. The van der Waals surface area contributed by atoms with Gasteiger partial charge in [-0.3, -0.25) is 9.59 Å². The Bertz CT molecular complexity index is 603. The topological polar surface area (TPSA) is 46.6 Å². The van der Waals surface area contributed by atoms with Gasteiger partial charge in [0.15, 0.2) is 11.9 Å². The van der Waals surface area contributed by atoms with Crippen LogP contribution in [0.2, 0.25) is 5.02 Å². The molecule has 1 fully saturated rings. The number of hydrogen-bond donors (Lipinski definition) is 0. The molecule has 0 aromatic heterocycles. The second-order valence-electron chi connectivity index (χ2n) is 4.97. The predicted molar refractivity (Wildman–Crippen MR) is 73.1 cm³/mol. The molecule has 4 nitrogen and oxygen atoms in total. The Labute approximate surface area is 129 Å². The standard InChI is InChI=1S/C14H13ClF3NO3/c1-8(20)9-2-3-11(10(15)6-9)22-12-4-5-19(13(12)21)7-14(16,17)18/h2-3,6,12H,4-5,7H2,1H3/t12-/m0/s1. The van der Waals surface area contributed by atoms with E-state index in [0.29, 0.717) is 10.5 Å². The fourth-order valence-corrected chi connectivity index (χ4v) is 2.39. The number of ether oxygens (including phenoxy) is 1. The van der Waals surface area contributed by atoms with Gasteiger partial charge in [-0.2, -0.15) is 13.2 Å². The summed E-state index contributed by atoms with van der Waals surface area (Å²) in [5.74, 6) is -0.732. The lowest BCUT2D eigenvalue weighted by Gasteiger charge is -2.19. The van der Waals surface area contributed by atoms with E-state index in [1.165, 1.54) is 25.1 Å². The minimum atomic E-state index is -4.44. The Morgan fingerprint density at radius 2 is 2.14 bits per heavy atom. The molecule has 0 unspecified atom stereocenters. The van der Waals surface area contributed by atoms with Crippen LogP contribution in [0.5, 0.6) is 5.75 Å². The van der Waals surface area contributed by atoms with Crippen molar-refractivity contribution in [2.45, 2.75) is 25.6 Å². The van der Waals surface area contributed by atoms with E-state index in [2.05, 4.69) is 0 Å². The van der Waals surface area contributed by atoms with E-state index < -0.39 is 24.7 Å². The van der Waals surface area contributed by atoms with Crippen molar-refractivity contribution in [3.8, 4) is 5.75 Å². The third kappa shape index (κ3) is 3.91. The molecular weight excluding hydrogens is 323 g/mol. The monoisotopic (exact) mass is 335 g/mol. The van der Waals surface area contributed by atoms with Crippen LogP contribution in [0.3, 0.4) is 0 Å². The number of nitrogens with zero attached hydrogens (tertiary/aromatic N) is 1. The first-order valence-electron chi connectivity index (χ1n) is 6.50. The summed E-state index contributed by atoms with van der Waals surface area (Å²) in [6, 6.07) is 4.31. The van der Waals surface area contributed by atoms with Gasteiger partial charge in [-0.25, -0.2) is 0 Å². The molecule has 0 spiro atoms. The third-order valence-electron chi connectivity index (χ3n) is 3.23. The molecule has 0 saturated carbocycles. The van der Waals surface area contributed by atoms with Crippen LogP contribution in [0.15, 0.2) is 18.2 Å². The number of carbonyl (C=O) groups is 2.